The Morgan fingerprint density at radius 1 is 0.844 bits per heavy atom. The lowest BCUT2D eigenvalue weighted by atomic mass is 10.0. The summed E-state index contributed by atoms with van der Waals surface area (Å²) in [5.41, 5.74) is 2.10. The lowest BCUT2D eigenvalue weighted by molar-refractivity contribution is 0.101. The van der Waals surface area contributed by atoms with Gasteiger partial charge in [0.15, 0.2) is 5.78 Å². The molecule has 2 unspecified atom stereocenters. The number of hydrogen-bond acceptors (Lipinski definition) is 2. The zero-order valence-electron chi connectivity index (χ0n) is 19.7. The van der Waals surface area contributed by atoms with Gasteiger partial charge in [-0.2, -0.15) is 0 Å². The first-order valence-electron chi connectivity index (χ1n) is 11.7. The van der Waals surface area contributed by atoms with E-state index in [0.717, 1.165) is 18.6 Å². The molecule has 0 bridgehead atoms. The normalized spacial score (nSPS) is 18.4. The third-order valence-electron chi connectivity index (χ3n) is 6.86. The van der Waals surface area contributed by atoms with Gasteiger partial charge in [-0.05, 0) is 52.6 Å². The Hall–Kier alpha value is -2.49. The summed E-state index contributed by atoms with van der Waals surface area (Å²) < 4.78 is 7.10. The van der Waals surface area contributed by atoms with Crippen LogP contribution in [-0.4, -0.2) is 20.7 Å². The maximum Gasteiger partial charge on any atom is 0.261 e. The van der Waals surface area contributed by atoms with Gasteiger partial charge in [0.2, 0.25) is 0 Å². The molecule has 1 aliphatic carbocycles. The van der Waals surface area contributed by atoms with Crippen molar-refractivity contribution >= 4 is 24.5 Å². The molecule has 3 heteroatoms. The quantitative estimate of drug-likeness (QED) is 0.333. The molecule has 1 aliphatic rings. The molecular weight excluding hydrogens is 408 g/mol. The van der Waals surface area contributed by atoms with Crippen LogP contribution >= 0.6 is 0 Å². The molecule has 0 saturated heterocycles. The molecule has 0 aliphatic heterocycles. The molecule has 3 aromatic rings. The Bertz CT molecular complexity index is 997. The summed E-state index contributed by atoms with van der Waals surface area (Å²) in [5, 5.41) is 2.70. The van der Waals surface area contributed by atoms with Crippen LogP contribution in [0, 0.1) is 11.8 Å². The number of rotatable bonds is 8. The summed E-state index contributed by atoms with van der Waals surface area (Å²) in [7, 11) is -2.45. The van der Waals surface area contributed by atoms with Gasteiger partial charge < -0.3 is 4.43 Å². The summed E-state index contributed by atoms with van der Waals surface area (Å²) in [6.07, 6.45) is 2.28. The molecule has 0 aromatic heterocycles. The standard InChI is InChI=1S/C29H34O2Si/c1-22(30)24-17-15-23(16-18-24)19-25-20-26(25)21-31-32(29(2,3)4,27-11-7-5-8-12-27)28-13-9-6-10-14-28/h5-18,25-26H,19-21H2,1-4H3. The Morgan fingerprint density at radius 2 is 1.38 bits per heavy atom. The lowest BCUT2D eigenvalue weighted by Crippen LogP contribution is -2.66. The molecule has 3 aromatic carbocycles. The highest BCUT2D eigenvalue weighted by Crippen LogP contribution is 2.44. The van der Waals surface area contributed by atoms with Gasteiger partial charge in [0.25, 0.3) is 8.32 Å². The number of benzene rings is 3. The first-order chi connectivity index (χ1) is 15.3. The van der Waals surface area contributed by atoms with E-state index in [4.69, 9.17) is 4.43 Å². The van der Waals surface area contributed by atoms with Crippen molar-refractivity contribution in [1.29, 1.82) is 0 Å². The van der Waals surface area contributed by atoms with Gasteiger partial charge in [0, 0.05) is 12.2 Å². The molecule has 0 amide bonds. The van der Waals surface area contributed by atoms with Gasteiger partial charge in [-0.25, -0.2) is 0 Å². The fourth-order valence-corrected chi connectivity index (χ4v) is 9.56. The van der Waals surface area contributed by atoms with Crippen LogP contribution in [-0.2, 0) is 10.8 Å². The van der Waals surface area contributed by atoms with Crippen molar-refractivity contribution in [2.75, 3.05) is 6.61 Å². The molecule has 0 spiro atoms. The van der Waals surface area contributed by atoms with E-state index in [9.17, 15) is 4.79 Å². The molecule has 0 heterocycles. The zero-order valence-corrected chi connectivity index (χ0v) is 20.7. The van der Waals surface area contributed by atoms with E-state index in [1.807, 2.05) is 12.1 Å². The molecule has 1 fully saturated rings. The van der Waals surface area contributed by atoms with Gasteiger partial charge in [-0.1, -0.05) is 106 Å². The molecule has 32 heavy (non-hydrogen) atoms. The minimum atomic E-state index is -2.45. The van der Waals surface area contributed by atoms with E-state index in [0.29, 0.717) is 11.8 Å². The monoisotopic (exact) mass is 442 g/mol. The number of carbonyl (C=O) groups is 1. The van der Waals surface area contributed by atoms with E-state index in [1.54, 1.807) is 6.92 Å². The number of Topliss-reactive ketones (excluding diaryl/α,β-unsaturated/α-hetero) is 1. The van der Waals surface area contributed by atoms with Crippen molar-refractivity contribution in [3.63, 3.8) is 0 Å². The Balaban J connectivity index is 1.52. The molecule has 1 saturated carbocycles. The first-order valence-corrected chi connectivity index (χ1v) is 13.6. The first kappa shape index (κ1) is 22.7. The minimum absolute atomic E-state index is 0.0165. The van der Waals surface area contributed by atoms with Gasteiger partial charge >= 0.3 is 0 Å². The van der Waals surface area contributed by atoms with Gasteiger partial charge in [-0.15, -0.1) is 0 Å². The summed E-state index contributed by atoms with van der Waals surface area (Å²) >= 11 is 0. The number of carbonyl (C=O) groups excluding carboxylic acids is 1. The topological polar surface area (TPSA) is 26.3 Å². The maximum absolute atomic E-state index is 11.5. The second-order valence-corrected chi connectivity index (χ2v) is 14.5. The van der Waals surface area contributed by atoms with E-state index in [1.165, 1.54) is 22.4 Å². The number of ketones is 1. The van der Waals surface area contributed by atoms with Crippen molar-refractivity contribution in [3.8, 4) is 0 Å². The minimum Gasteiger partial charge on any atom is -0.407 e. The molecule has 166 valence electrons. The van der Waals surface area contributed by atoms with Gasteiger partial charge in [-0.3, -0.25) is 4.79 Å². The molecule has 0 radical (unpaired) electrons. The molecule has 0 N–H and O–H groups in total. The Morgan fingerprint density at radius 3 is 1.84 bits per heavy atom. The smallest absolute Gasteiger partial charge is 0.261 e. The van der Waals surface area contributed by atoms with Crippen molar-refractivity contribution < 1.29 is 9.22 Å². The summed E-state index contributed by atoms with van der Waals surface area (Å²) in [5.74, 6) is 1.39. The van der Waals surface area contributed by atoms with Gasteiger partial charge in [0.05, 0.1) is 0 Å². The van der Waals surface area contributed by atoms with E-state index < -0.39 is 8.32 Å². The van der Waals surface area contributed by atoms with Crippen LogP contribution < -0.4 is 10.4 Å². The highest BCUT2D eigenvalue weighted by molar-refractivity contribution is 6.99. The highest BCUT2D eigenvalue weighted by atomic mass is 28.4. The van der Waals surface area contributed by atoms with Crippen LogP contribution in [0.5, 0.6) is 0 Å². The predicted octanol–water partition coefficient (Wildman–Crippen LogP) is 5.64. The fraction of sp³-hybridized carbons (Fsp3) is 0.345. The van der Waals surface area contributed by atoms with E-state index >= 15 is 0 Å². The second-order valence-electron chi connectivity index (χ2n) is 10.2. The summed E-state index contributed by atoms with van der Waals surface area (Å²) in [4.78, 5) is 11.5. The SMILES string of the molecule is CC(=O)c1ccc(CC2CC2CO[Si](c2ccccc2)(c2ccccc2)C(C)(C)C)cc1. The van der Waals surface area contributed by atoms with Gasteiger partial charge in [0.1, 0.15) is 0 Å². The van der Waals surface area contributed by atoms with Crippen molar-refractivity contribution in [2.24, 2.45) is 11.8 Å². The fourth-order valence-electron chi connectivity index (χ4n) is 4.94. The third-order valence-corrected chi connectivity index (χ3v) is 11.9. The van der Waals surface area contributed by atoms with Crippen LogP contribution in [0.3, 0.4) is 0 Å². The lowest BCUT2D eigenvalue weighted by Gasteiger charge is -2.43. The van der Waals surface area contributed by atoms with Crippen LogP contribution in [0.1, 0.15) is 50.0 Å². The van der Waals surface area contributed by atoms with Crippen LogP contribution in [0.25, 0.3) is 0 Å². The third kappa shape index (κ3) is 4.64. The van der Waals surface area contributed by atoms with Crippen LogP contribution in [0.2, 0.25) is 5.04 Å². The van der Waals surface area contributed by atoms with Crippen molar-refractivity contribution in [3.05, 3.63) is 96.1 Å². The summed E-state index contributed by atoms with van der Waals surface area (Å²) in [6, 6.07) is 29.9. The maximum atomic E-state index is 11.5. The average molecular weight is 443 g/mol. The zero-order chi connectivity index (χ0) is 22.8. The summed E-state index contributed by atoms with van der Waals surface area (Å²) in [6.45, 7) is 9.43. The molecular formula is C29H34O2Si. The highest BCUT2D eigenvalue weighted by Gasteiger charge is 2.51. The second kappa shape index (κ2) is 9.17. The molecule has 2 nitrogen and oxygen atoms in total. The Labute approximate surface area is 193 Å². The largest absolute Gasteiger partial charge is 0.407 e. The molecule has 4 rings (SSSR count). The van der Waals surface area contributed by atoms with Crippen LogP contribution in [0.4, 0.5) is 0 Å². The van der Waals surface area contributed by atoms with E-state index in [2.05, 4.69) is 93.6 Å². The van der Waals surface area contributed by atoms with Crippen molar-refractivity contribution in [2.45, 2.75) is 45.6 Å². The predicted molar refractivity (Wildman–Crippen MR) is 135 cm³/mol. The van der Waals surface area contributed by atoms with Crippen LogP contribution in [0.15, 0.2) is 84.9 Å². The van der Waals surface area contributed by atoms with E-state index in [-0.39, 0.29) is 10.8 Å². The molecule has 2 atom stereocenters. The van der Waals surface area contributed by atoms with Crippen molar-refractivity contribution in [1.82, 2.24) is 0 Å². The average Bonchev–Trinajstić information content (AvgIpc) is 3.53. The number of hydrogen-bond donors (Lipinski definition) is 0. The Kier molecular flexibility index (Phi) is 6.50.